The van der Waals surface area contributed by atoms with Crippen molar-refractivity contribution in [2.45, 2.75) is 63.3 Å². The van der Waals surface area contributed by atoms with Gasteiger partial charge in [0.05, 0.1) is 12.7 Å². The Morgan fingerprint density at radius 3 is 2.45 bits per heavy atom. The van der Waals surface area contributed by atoms with Gasteiger partial charge in [0.2, 0.25) is 0 Å². The summed E-state index contributed by atoms with van der Waals surface area (Å²) in [5.74, 6) is 0.819. The molecule has 0 aromatic heterocycles. The maximum atomic E-state index is 12.9. The van der Waals surface area contributed by atoms with Gasteiger partial charge >= 0.3 is 6.09 Å². The van der Waals surface area contributed by atoms with E-state index in [0.29, 0.717) is 12.8 Å². The minimum atomic E-state index is -0.928. The Balaban J connectivity index is 1.50. The Bertz CT molecular complexity index is 852. The highest BCUT2D eigenvalue weighted by Gasteiger charge is 2.48. The zero-order valence-corrected chi connectivity index (χ0v) is 17.1. The Kier molecular flexibility index (Phi) is 5.50. The lowest BCUT2D eigenvalue weighted by atomic mass is 9.72. The molecule has 2 atom stereocenters. The summed E-state index contributed by atoms with van der Waals surface area (Å²) in [4.78, 5) is 14.8. The third-order valence-corrected chi connectivity index (χ3v) is 6.36. The summed E-state index contributed by atoms with van der Waals surface area (Å²) in [5.41, 5.74) is 1.97. The van der Waals surface area contributed by atoms with Crippen LogP contribution in [0, 0.1) is 6.92 Å². The zero-order chi connectivity index (χ0) is 20.4. The number of aliphatic hydroxyl groups is 1. The molecule has 1 amide bonds. The lowest BCUT2D eigenvalue weighted by Crippen LogP contribution is -2.58. The van der Waals surface area contributed by atoms with E-state index in [2.05, 4.69) is 0 Å². The van der Waals surface area contributed by atoms with Gasteiger partial charge in [-0.05, 0) is 55.0 Å². The maximum Gasteiger partial charge on any atom is 0.410 e. The predicted octanol–water partition coefficient (Wildman–Crippen LogP) is 4.54. The first-order valence-corrected chi connectivity index (χ1v) is 10.4. The van der Waals surface area contributed by atoms with Gasteiger partial charge in [0.25, 0.3) is 0 Å². The fourth-order valence-corrected chi connectivity index (χ4v) is 4.92. The number of ether oxygens (including phenoxy) is 2. The molecule has 0 spiro atoms. The second kappa shape index (κ2) is 8.07. The van der Waals surface area contributed by atoms with Crippen molar-refractivity contribution in [2.75, 3.05) is 7.11 Å². The number of hydrogen-bond acceptors (Lipinski definition) is 4. The van der Waals surface area contributed by atoms with Crippen LogP contribution in [0.2, 0.25) is 0 Å². The van der Waals surface area contributed by atoms with Crippen molar-refractivity contribution in [3.05, 3.63) is 65.2 Å². The van der Waals surface area contributed by atoms with Crippen LogP contribution >= 0.6 is 0 Å². The lowest BCUT2D eigenvalue weighted by molar-refractivity contribution is -0.0896. The average Bonchev–Trinajstić information content (AvgIpc) is 2.72. The highest BCUT2D eigenvalue weighted by atomic mass is 16.6. The summed E-state index contributed by atoms with van der Waals surface area (Å²) in [5, 5.41) is 11.5. The van der Waals surface area contributed by atoms with E-state index in [1.165, 1.54) is 0 Å². The van der Waals surface area contributed by atoms with Crippen LogP contribution in [0.1, 0.15) is 48.8 Å². The fraction of sp³-hybridized carbons (Fsp3) is 0.458. The van der Waals surface area contributed by atoms with Gasteiger partial charge in [0, 0.05) is 24.9 Å². The van der Waals surface area contributed by atoms with E-state index in [1.54, 1.807) is 7.11 Å². The molecule has 2 aliphatic heterocycles. The van der Waals surface area contributed by atoms with E-state index in [-0.39, 0.29) is 24.8 Å². The lowest BCUT2D eigenvalue weighted by Gasteiger charge is -2.51. The number of rotatable bonds is 4. The Morgan fingerprint density at radius 1 is 1.14 bits per heavy atom. The minimum Gasteiger partial charge on any atom is -0.496 e. The number of aryl methyl sites for hydroxylation is 1. The topological polar surface area (TPSA) is 59.0 Å². The van der Waals surface area contributed by atoms with Crippen LogP contribution in [-0.2, 0) is 16.9 Å². The first kappa shape index (κ1) is 19.8. The molecular formula is C24H29NO4. The van der Waals surface area contributed by atoms with Crippen LogP contribution in [0.4, 0.5) is 4.79 Å². The van der Waals surface area contributed by atoms with Crippen LogP contribution in [0.15, 0.2) is 48.5 Å². The van der Waals surface area contributed by atoms with Crippen molar-refractivity contribution < 1.29 is 19.4 Å². The number of benzene rings is 2. The van der Waals surface area contributed by atoms with Crippen LogP contribution in [0.5, 0.6) is 5.75 Å². The molecule has 2 aromatic carbocycles. The molecule has 1 N–H and O–H groups in total. The summed E-state index contributed by atoms with van der Waals surface area (Å²) < 4.78 is 11.0. The number of carbonyl (C=O) groups excluding carboxylic acids is 1. The highest BCUT2D eigenvalue weighted by Crippen LogP contribution is 2.45. The van der Waals surface area contributed by atoms with E-state index in [9.17, 15) is 9.90 Å². The van der Waals surface area contributed by atoms with Crippen molar-refractivity contribution in [1.29, 1.82) is 0 Å². The van der Waals surface area contributed by atoms with E-state index < -0.39 is 5.60 Å². The van der Waals surface area contributed by atoms with Gasteiger partial charge in [-0.15, -0.1) is 0 Å². The van der Waals surface area contributed by atoms with Crippen LogP contribution < -0.4 is 4.74 Å². The van der Waals surface area contributed by atoms with Crippen LogP contribution in [-0.4, -0.2) is 35.3 Å². The molecule has 2 saturated heterocycles. The van der Waals surface area contributed by atoms with Crippen LogP contribution in [0.3, 0.4) is 0 Å². The molecule has 2 unspecified atom stereocenters. The zero-order valence-electron chi connectivity index (χ0n) is 17.1. The van der Waals surface area contributed by atoms with Gasteiger partial charge in [-0.1, -0.05) is 36.4 Å². The molecule has 5 nitrogen and oxygen atoms in total. The normalized spacial score (nSPS) is 26.1. The van der Waals surface area contributed by atoms with Crippen molar-refractivity contribution in [3.8, 4) is 5.75 Å². The number of fused-ring (bicyclic) bond motifs is 2. The molecule has 5 heteroatoms. The van der Waals surface area contributed by atoms with Gasteiger partial charge < -0.3 is 19.5 Å². The smallest absolute Gasteiger partial charge is 0.410 e. The molecule has 0 radical (unpaired) electrons. The Morgan fingerprint density at radius 2 is 1.83 bits per heavy atom. The minimum absolute atomic E-state index is 0.00168. The Hall–Kier alpha value is -2.53. The predicted molar refractivity (Wildman–Crippen MR) is 111 cm³/mol. The van der Waals surface area contributed by atoms with Gasteiger partial charge in [-0.2, -0.15) is 0 Å². The molecule has 0 aliphatic carbocycles. The van der Waals surface area contributed by atoms with Crippen LogP contribution in [0.25, 0.3) is 0 Å². The number of hydrogen-bond donors (Lipinski definition) is 1. The van der Waals surface area contributed by atoms with E-state index in [4.69, 9.17) is 9.47 Å². The van der Waals surface area contributed by atoms with E-state index in [0.717, 1.165) is 41.7 Å². The van der Waals surface area contributed by atoms with Crippen molar-refractivity contribution >= 4 is 6.09 Å². The quantitative estimate of drug-likeness (QED) is 0.825. The molecule has 2 aliphatic rings. The van der Waals surface area contributed by atoms with Gasteiger partial charge in [0.15, 0.2) is 0 Å². The fourth-order valence-electron chi connectivity index (χ4n) is 4.92. The summed E-state index contributed by atoms with van der Waals surface area (Å²) in [6.07, 6.45) is 3.68. The summed E-state index contributed by atoms with van der Waals surface area (Å²) >= 11 is 0. The van der Waals surface area contributed by atoms with Gasteiger partial charge in [-0.3, -0.25) is 0 Å². The van der Waals surface area contributed by atoms with Gasteiger partial charge in [-0.25, -0.2) is 4.79 Å². The molecular weight excluding hydrogens is 366 g/mol. The largest absolute Gasteiger partial charge is 0.496 e. The third-order valence-electron chi connectivity index (χ3n) is 6.36. The molecule has 2 fully saturated rings. The van der Waals surface area contributed by atoms with E-state index >= 15 is 0 Å². The second-order valence-electron chi connectivity index (χ2n) is 8.31. The molecule has 0 saturated carbocycles. The highest BCUT2D eigenvalue weighted by molar-refractivity contribution is 5.69. The second-order valence-corrected chi connectivity index (χ2v) is 8.31. The van der Waals surface area contributed by atoms with Crippen molar-refractivity contribution in [3.63, 3.8) is 0 Å². The number of methoxy groups -OCH3 is 1. The Labute approximate surface area is 172 Å². The monoisotopic (exact) mass is 395 g/mol. The third kappa shape index (κ3) is 3.97. The standard InChI is InChI=1S/C24H29NO4/c1-17-13-19(11-12-22(17)28-2)24(27)14-20-9-6-10-21(15-24)25(20)23(26)29-16-18-7-4-3-5-8-18/h3-5,7-8,11-13,20-21,27H,6,9-10,14-16H2,1-2H3. The van der Waals surface area contributed by atoms with Crippen molar-refractivity contribution in [2.24, 2.45) is 0 Å². The maximum absolute atomic E-state index is 12.9. The summed E-state index contributed by atoms with van der Waals surface area (Å²) in [7, 11) is 1.65. The molecule has 2 aromatic rings. The SMILES string of the molecule is COc1ccc(C2(O)CC3CCCC(C2)N3C(=O)OCc2ccccc2)cc1C. The average molecular weight is 395 g/mol. The van der Waals surface area contributed by atoms with E-state index in [1.807, 2.05) is 60.4 Å². The van der Waals surface area contributed by atoms with Crippen molar-refractivity contribution in [1.82, 2.24) is 4.90 Å². The molecule has 4 rings (SSSR count). The number of amides is 1. The first-order chi connectivity index (χ1) is 14.0. The molecule has 2 bridgehead atoms. The molecule has 2 heterocycles. The number of nitrogens with zero attached hydrogens (tertiary/aromatic N) is 1. The first-order valence-electron chi connectivity index (χ1n) is 10.4. The summed E-state index contributed by atoms with van der Waals surface area (Å²) in [6.45, 7) is 2.26. The summed E-state index contributed by atoms with van der Waals surface area (Å²) in [6, 6.07) is 15.6. The number of carbonyl (C=O) groups is 1. The molecule has 154 valence electrons. The molecule has 29 heavy (non-hydrogen) atoms. The number of piperidine rings is 2. The van der Waals surface area contributed by atoms with Gasteiger partial charge in [0.1, 0.15) is 12.4 Å².